The molecule has 10 heteroatoms. The van der Waals surface area contributed by atoms with Crippen molar-refractivity contribution in [1.29, 1.82) is 0 Å². The maximum Gasteiger partial charge on any atom is 0.437 e. The van der Waals surface area contributed by atoms with Crippen LogP contribution in [0.5, 0.6) is 0 Å². The first-order valence-corrected chi connectivity index (χ1v) is 9.10. The number of esters is 1. The number of carbonyl (C=O) groups is 3. The molecule has 0 saturated heterocycles. The number of guanidine groups is 1. The Balaban J connectivity index is 3.40. The molecule has 0 aliphatic carbocycles. The largest absolute Gasteiger partial charge is 0.467 e. The van der Waals surface area contributed by atoms with Crippen molar-refractivity contribution in [2.24, 2.45) is 10.7 Å². The molecule has 1 unspecified atom stereocenters. The van der Waals surface area contributed by atoms with Gasteiger partial charge >= 0.3 is 18.2 Å². The van der Waals surface area contributed by atoms with Crippen LogP contribution in [0, 0.1) is 0 Å². The Morgan fingerprint density at radius 1 is 1.07 bits per heavy atom. The van der Waals surface area contributed by atoms with Crippen molar-refractivity contribution in [2.45, 2.75) is 58.8 Å². The average Bonchev–Trinajstić information content (AvgIpc) is 2.57. The molecule has 1 rings (SSSR count). The zero-order valence-electron chi connectivity index (χ0n) is 18.3. The van der Waals surface area contributed by atoms with Crippen LogP contribution in [-0.2, 0) is 19.0 Å². The number of aliphatic hydroxyl groups excluding tert-OH is 1. The second-order valence-electron chi connectivity index (χ2n) is 8.29. The van der Waals surface area contributed by atoms with E-state index in [0.717, 1.165) is 12.0 Å². The van der Waals surface area contributed by atoms with Crippen LogP contribution in [0.25, 0.3) is 0 Å². The molecule has 1 atom stereocenters. The Bertz CT molecular complexity index is 822. The predicted molar refractivity (Wildman–Crippen MR) is 110 cm³/mol. The highest BCUT2D eigenvalue weighted by Crippen LogP contribution is 2.24. The topological polar surface area (TPSA) is 141 Å². The van der Waals surface area contributed by atoms with E-state index in [4.69, 9.17) is 15.2 Å². The molecule has 0 aliphatic heterocycles. The van der Waals surface area contributed by atoms with E-state index in [-0.39, 0.29) is 11.3 Å². The van der Waals surface area contributed by atoms with Crippen molar-refractivity contribution < 1.29 is 33.7 Å². The van der Waals surface area contributed by atoms with E-state index in [0.29, 0.717) is 0 Å². The minimum absolute atomic E-state index is 0.106. The summed E-state index contributed by atoms with van der Waals surface area (Å²) in [4.78, 5) is 40.9. The zero-order chi connectivity index (χ0) is 23.3. The lowest BCUT2D eigenvalue weighted by Crippen LogP contribution is -2.45. The van der Waals surface area contributed by atoms with E-state index in [2.05, 4.69) is 9.73 Å². The number of rotatable bonds is 3. The van der Waals surface area contributed by atoms with Crippen LogP contribution < -0.4 is 10.6 Å². The van der Waals surface area contributed by atoms with Gasteiger partial charge in [0.25, 0.3) is 0 Å². The van der Waals surface area contributed by atoms with Gasteiger partial charge in [0.2, 0.25) is 5.96 Å². The molecule has 1 aromatic carbocycles. The third-order valence-electron chi connectivity index (χ3n) is 3.27. The molecule has 10 nitrogen and oxygen atoms in total. The predicted octanol–water partition coefficient (Wildman–Crippen LogP) is 2.88. The summed E-state index contributed by atoms with van der Waals surface area (Å²) in [5.41, 5.74) is 4.48. The van der Waals surface area contributed by atoms with Crippen LogP contribution in [0.2, 0.25) is 0 Å². The summed E-state index contributed by atoms with van der Waals surface area (Å²) < 4.78 is 15.0. The number of anilines is 1. The number of aliphatic imine (C=N–C) groups is 1. The second kappa shape index (κ2) is 9.57. The zero-order valence-corrected chi connectivity index (χ0v) is 18.3. The molecule has 30 heavy (non-hydrogen) atoms. The number of benzene rings is 1. The van der Waals surface area contributed by atoms with Crippen molar-refractivity contribution in [3.63, 3.8) is 0 Å². The molecule has 2 amide bonds. The standard InChI is InChI=1S/C20H29N3O7/c1-19(2,3)29-17(26)22-16(21)23(18(27)30-20(4,5)6)13-10-8-9-12(11-13)14(24)15(25)28-7/h8-11,14,24H,1-7H3,(H2,21,22,26). The summed E-state index contributed by atoms with van der Waals surface area (Å²) in [5.74, 6) is -1.39. The van der Waals surface area contributed by atoms with Crippen molar-refractivity contribution in [3.8, 4) is 0 Å². The van der Waals surface area contributed by atoms with Crippen LogP contribution in [0.4, 0.5) is 15.3 Å². The minimum Gasteiger partial charge on any atom is -0.467 e. The second-order valence-corrected chi connectivity index (χ2v) is 8.29. The van der Waals surface area contributed by atoms with Gasteiger partial charge in [-0.15, -0.1) is 4.99 Å². The Kier molecular flexibility index (Phi) is 7.94. The van der Waals surface area contributed by atoms with Gasteiger partial charge in [-0.3, -0.25) is 0 Å². The Hall–Kier alpha value is -3.14. The van der Waals surface area contributed by atoms with Gasteiger partial charge in [0, 0.05) is 0 Å². The average molecular weight is 423 g/mol. The number of hydrogen-bond acceptors (Lipinski definition) is 7. The first-order chi connectivity index (χ1) is 13.6. The SMILES string of the molecule is COC(=O)C(O)c1cccc(N(C(=O)OC(C)(C)C)C(N)=NC(=O)OC(C)(C)C)c1. The van der Waals surface area contributed by atoms with Crippen molar-refractivity contribution in [3.05, 3.63) is 29.8 Å². The number of nitrogens with zero attached hydrogens (tertiary/aromatic N) is 2. The van der Waals surface area contributed by atoms with Gasteiger partial charge in [-0.25, -0.2) is 19.3 Å². The first-order valence-electron chi connectivity index (χ1n) is 9.10. The highest BCUT2D eigenvalue weighted by Gasteiger charge is 2.29. The van der Waals surface area contributed by atoms with Crippen LogP contribution in [0.3, 0.4) is 0 Å². The Morgan fingerprint density at radius 3 is 2.13 bits per heavy atom. The molecule has 166 valence electrons. The maximum absolute atomic E-state index is 12.8. The van der Waals surface area contributed by atoms with E-state index < -0.39 is 41.4 Å². The number of carbonyl (C=O) groups excluding carboxylic acids is 3. The van der Waals surface area contributed by atoms with Gasteiger partial charge in [-0.05, 0) is 59.2 Å². The lowest BCUT2D eigenvalue weighted by atomic mass is 10.1. The van der Waals surface area contributed by atoms with E-state index in [1.165, 1.54) is 24.3 Å². The van der Waals surface area contributed by atoms with Crippen molar-refractivity contribution in [1.82, 2.24) is 0 Å². The van der Waals surface area contributed by atoms with Crippen LogP contribution in [0.1, 0.15) is 53.2 Å². The molecular formula is C20H29N3O7. The third kappa shape index (κ3) is 7.70. The summed E-state index contributed by atoms with van der Waals surface area (Å²) >= 11 is 0. The fourth-order valence-electron chi connectivity index (χ4n) is 2.15. The molecule has 0 bridgehead atoms. The van der Waals surface area contributed by atoms with E-state index in [1.54, 1.807) is 41.5 Å². The maximum atomic E-state index is 12.8. The number of nitrogens with two attached hydrogens (primary N) is 1. The normalized spacial score (nSPS) is 13.3. The number of ether oxygens (including phenoxy) is 3. The first kappa shape index (κ1) is 24.9. The quantitative estimate of drug-likeness (QED) is 0.327. The minimum atomic E-state index is -1.58. The number of amides is 2. The van der Waals surface area contributed by atoms with Crippen LogP contribution in [0.15, 0.2) is 29.3 Å². The van der Waals surface area contributed by atoms with Gasteiger partial charge < -0.3 is 25.1 Å². The summed E-state index contributed by atoms with van der Waals surface area (Å²) in [5, 5.41) is 10.1. The highest BCUT2D eigenvalue weighted by atomic mass is 16.6. The van der Waals surface area contributed by atoms with Crippen LogP contribution >= 0.6 is 0 Å². The molecule has 0 heterocycles. The lowest BCUT2D eigenvalue weighted by molar-refractivity contribution is -0.150. The van der Waals surface area contributed by atoms with E-state index in [1.807, 2.05) is 0 Å². The fourth-order valence-corrected chi connectivity index (χ4v) is 2.15. The lowest BCUT2D eigenvalue weighted by Gasteiger charge is -2.27. The van der Waals surface area contributed by atoms with Crippen molar-refractivity contribution >= 4 is 29.8 Å². The third-order valence-corrected chi connectivity index (χ3v) is 3.27. The van der Waals surface area contributed by atoms with E-state index >= 15 is 0 Å². The van der Waals surface area contributed by atoms with E-state index in [9.17, 15) is 19.5 Å². The molecule has 0 spiro atoms. The molecule has 3 N–H and O–H groups in total. The van der Waals surface area contributed by atoms with Gasteiger partial charge in [-0.2, -0.15) is 0 Å². The Labute approximate surface area is 175 Å². The molecule has 0 aliphatic rings. The summed E-state index contributed by atoms with van der Waals surface area (Å²) in [6.45, 7) is 9.92. The van der Waals surface area contributed by atoms with Crippen molar-refractivity contribution in [2.75, 3.05) is 12.0 Å². The smallest absolute Gasteiger partial charge is 0.437 e. The number of hydrogen-bond donors (Lipinski definition) is 2. The highest BCUT2D eigenvalue weighted by molar-refractivity contribution is 6.15. The molecule has 0 radical (unpaired) electrons. The number of methoxy groups -OCH3 is 1. The molecule has 1 aromatic rings. The number of aliphatic hydroxyl groups is 1. The fraction of sp³-hybridized carbons (Fsp3) is 0.500. The van der Waals surface area contributed by atoms with Gasteiger partial charge in [0.15, 0.2) is 6.10 Å². The van der Waals surface area contributed by atoms with Crippen LogP contribution in [-0.4, -0.2) is 47.5 Å². The Morgan fingerprint density at radius 2 is 1.63 bits per heavy atom. The molecule has 0 aromatic heterocycles. The monoisotopic (exact) mass is 423 g/mol. The summed E-state index contributed by atoms with van der Waals surface area (Å²) in [7, 11) is 1.13. The molecule has 0 fully saturated rings. The molecular weight excluding hydrogens is 394 g/mol. The summed E-state index contributed by atoms with van der Waals surface area (Å²) in [6, 6.07) is 5.73. The van der Waals surface area contributed by atoms with Gasteiger partial charge in [0.1, 0.15) is 11.2 Å². The van der Waals surface area contributed by atoms with Gasteiger partial charge in [0.05, 0.1) is 12.8 Å². The molecule has 0 saturated carbocycles. The summed E-state index contributed by atoms with van der Waals surface area (Å²) in [6.07, 6.45) is -3.50. The van der Waals surface area contributed by atoms with Gasteiger partial charge in [-0.1, -0.05) is 12.1 Å².